The van der Waals surface area contributed by atoms with Crippen molar-refractivity contribution in [2.75, 3.05) is 0 Å². The molecule has 118 valence electrons. The van der Waals surface area contributed by atoms with Crippen LogP contribution >= 0.6 is 0 Å². The highest BCUT2D eigenvalue weighted by Crippen LogP contribution is 2.35. The summed E-state index contributed by atoms with van der Waals surface area (Å²) < 4.78 is 1.64. The second-order valence-corrected chi connectivity index (χ2v) is 6.10. The molecule has 0 atom stereocenters. The van der Waals surface area contributed by atoms with Gasteiger partial charge in [0.2, 0.25) is 0 Å². The Bertz CT molecular complexity index is 749. The number of para-hydroxylation sites is 1. The number of nitrogens with one attached hydrogen (secondary N) is 1. The smallest absolute Gasteiger partial charge is 0.323 e. The van der Waals surface area contributed by atoms with Crippen molar-refractivity contribution in [2.45, 2.75) is 37.8 Å². The van der Waals surface area contributed by atoms with Crippen molar-refractivity contribution in [3.8, 4) is 5.69 Å². The Morgan fingerprint density at radius 2 is 1.87 bits per heavy atom. The van der Waals surface area contributed by atoms with E-state index in [9.17, 15) is 9.59 Å². The molecule has 2 aromatic rings. The highest BCUT2D eigenvalue weighted by molar-refractivity contribution is 6.07. The fourth-order valence-corrected chi connectivity index (χ4v) is 3.38. The summed E-state index contributed by atoms with van der Waals surface area (Å²) in [6, 6.07) is 9.26. The molecule has 7 nitrogen and oxygen atoms in total. The zero-order valence-corrected chi connectivity index (χ0v) is 12.6. The molecule has 1 aliphatic carbocycles. The standard InChI is InChI=1S/C16H17N5O2/c22-14-16(8-4-5-9-16)17-15(23)20(14)10-12-11-21(19-18-12)13-6-2-1-3-7-13/h1-3,6-7,11H,4-5,8-10H2,(H,17,23). The zero-order chi connectivity index (χ0) is 15.9. The number of nitrogens with zero attached hydrogens (tertiary/aromatic N) is 4. The van der Waals surface area contributed by atoms with E-state index in [1.165, 1.54) is 4.90 Å². The fourth-order valence-electron chi connectivity index (χ4n) is 3.38. The fraction of sp³-hybridized carbons (Fsp3) is 0.375. The summed E-state index contributed by atoms with van der Waals surface area (Å²) >= 11 is 0. The Morgan fingerprint density at radius 1 is 1.13 bits per heavy atom. The van der Waals surface area contributed by atoms with Gasteiger partial charge in [0.05, 0.1) is 18.4 Å². The minimum atomic E-state index is -0.674. The van der Waals surface area contributed by atoms with Crippen molar-refractivity contribution in [1.82, 2.24) is 25.2 Å². The van der Waals surface area contributed by atoms with Crippen LogP contribution in [0.25, 0.3) is 5.69 Å². The summed E-state index contributed by atoms with van der Waals surface area (Å²) in [5, 5.41) is 11.0. The van der Waals surface area contributed by atoms with Crippen LogP contribution in [0, 0.1) is 0 Å². The van der Waals surface area contributed by atoms with Crippen molar-refractivity contribution in [3.05, 3.63) is 42.2 Å². The van der Waals surface area contributed by atoms with Crippen LogP contribution in [-0.2, 0) is 11.3 Å². The molecule has 3 amide bonds. The predicted octanol–water partition coefficient (Wildman–Crippen LogP) is 1.63. The zero-order valence-electron chi connectivity index (χ0n) is 12.6. The van der Waals surface area contributed by atoms with Crippen molar-refractivity contribution in [3.63, 3.8) is 0 Å². The molecule has 1 spiro atoms. The molecule has 2 heterocycles. The van der Waals surface area contributed by atoms with E-state index in [0.717, 1.165) is 31.4 Å². The van der Waals surface area contributed by atoms with Gasteiger partial charge in [-0.15, -0.1) is 5.10 Å². The maximum absolute atomic E-state index is 12.6. The minimum Gasteiger partial charge on any atom is -0.323 e. The molecule has 1 aromatic heterocycles. The monoisotopic (exact) mass is 311 g/mol. The lowest BCUT2D eigenvalue weighted by Gasteiger charge is -2.19. The maximum Gasteiger partial charge on any atom is 0.325 e. The van der Waals surface area contributed by atoms with E-state index in [4.69, 9.17) is 0 Å². The first-order valence-electron chi connectivity index (χ1n) is 7.79. The number of imide groups is 1. The van der Waals surface area contributed by atoms with Crippen LogP contribution < -0.4 is 5.32 Å². The highest BCUT2D eigenvalue weighted by atomic mass is 16.2. The molecule has 1 aliphatic heterocycles. The van der Waals surface area contributed by atoms with Gasteiger partial charge in [-0.3, -0.25) is 9.69 Å². The van der Waals surface area contributed by atoms with Crippen molar-refractivity contribution >= 4 is 11.9 Å². The Kier molecular flexibility index (Phi) is 3.14. The van der Waals surface area contributed by atoms with Gasteiger partial charge >= 0.3 is 6.03 Å². The lowest BCUT2D eigenvalue weighted by atomic mass is 9.98. The van der Waals surface area contributed by atoms with Gasteiger partial charge in [0.25, 0.3) is 5.91 Å². The summed E-state index contributed by atoms with van der Waals surface area (Å²) in [7, 11) is 0. The van der Waals surface area contributed by atoms with Gasteiger partial charge in [-0.25, -0.2) is 9.48 Å². The molecular weight excluding hydrogens is 294 g/mol. The number of rotatable bonds is 3. The van der Waals surface area contributed by atoms with E-state index in [-0.39, 0.29) is 18.5 Å². The van der Waals surface area contributed by atoms with E-state index in [1.54, 1.807) is 10.9 Å². The van der Waals surface area contributed by atoms with Crippen molar-refractivity contribution in [2.24, 2.45) is 0 Å². The molecule has 4 rings (SSSR count). The Hall–Kier alpha value is -2.70. The summed E-state index contributed by atoms with van der Waals surface area (Å²) in [5.41, 5.74) is 0.801. The van der Waals surface area contributed by atoms with E-state index in [2.05, 4.69) is 15.6 Å². The van der Waals surface area contributed by atoms with Crippen molar-refractivity contribution in [1.29, 1.82) is 0 Å². The Labute approximate surface area is 133 Å². The number of amides is 3. The number of hydrogen-bond acceptors (Lipinski definition) is 4. The van der Waals surface area contributed by atoms with Crippen LogP contribution in [-0.4, -0.2) is 37.4 Å². The number of carbonyl (C=O) groups is 2. The van der Waals surface area contributed by atoms with Crippen LogP contribution in [0.1, 0.15) is 31.4 Å². The van der Waals surface area contributed by atoms with Gasteiger partial charge in [0, 0.05) is 0 Å². The lowest BCUT2D eigenvalue weighted by Crippen LogP contribution is -2.44. The number of aromatic nitrogens is 3. The summed E-state index contributed by atoms with van der Waals surface area (Å²) in [6.07, 6.45) is 5.15. The molecule has 1 saturated heterocycles. The first kappa shape index (κ1) is 13.9. The molecule has 0 radical (unpaired) electrons. The average molecular weight is 311 g/mol. The molecule has 1 saturated carbocycles. The van der Waals surface area contributed by atoms with Crippen LogP contribution in [0.3, 0.4) is 0 Å². The highest BCUT2D eigenvalue weighted by Gasteiger charge is 2.52. The van der Waals surface area contributed by atoms with E-state index in [0.29, 0.717) is 5.69 Å². The second-order valence-electron chi connectivity index (χ2n) is 6.10. The number of hydrogen-bond donors (Lipinski definition) is 1. The molecule has 0 bridgehead atoms. The number of carbonyl (C=O) groups excluding carboxylic acids is 2. The predicted molar refractivity (Wildman–Crippen MR) is 81.6 cm³/mol. The summed E-state index contributed by atoms with van der Waals surface area (Å²) in [5.74, 6) is -0.130. The van der Waals surface area contributed by atoms with Crippen molar-refractivity contribution < 1.29 is 9.59 Å². The lowest BCUT2D eigenvalue weighted by molar-refractivity contribution is -0.131. The molecule has 1 aromatic carbocycles. The first-order valence-corrected chi connectivity index (χ1v) is 7.79. The molecule has 7 heteroatoms. The largest absolute Gasteiger partial charge is 0.325 e. The van der Waals surface area contributed by atoms with Gasteiger partial charge in [-0.2, -0.15) is 0 Å². The van der Waals surface area contributed by atoms with Gasteiger partial charge in [0.15, 0.2) is 0 Å². The second kappa shape index (κ2) is 5.19. The minimum absolute atomic E-state index is 0.130. The SMILES string of the molecule is O=C1NC2(CCCC2)C(=O)N1Cc1cn(-c2ccccc2)nn1. The van der Waals surface area contributed by atoms with Gasteiger partial charge in [0.1, 0.15) is 11.2 Å². The van der Waals surface area contributed by atoms with Crippen LogP contribution in [0.15, 0.2) is 36.5 Å². The third-order valence-electron chi connectivity index (χ3n) is 4.58. The third-order valence-corrected chi connectivity index (χ3v) is 4.58. The molecule has 0 unspecified atom stereocenters. The molecule has 2 fully saturated rings. The normalized spacial score (nSPS) is 19.6. The summed E-state index contributed by atoms with van der Waals surface area (Å²) in [6.45, 7) is 0.152. The van der Waals surface area contributed by atoms with E-state index < -0.39 is 5.54 Å². The van der Waals surface area contributed by atoms with Crippen LogP contribution in [0.4, 0.5) is 4.79 Å². The topological polar surface area (TPSA) is 80.1 Å². The molecular formula is C16H17N5O2. The number of urea groups is 1. The Balaban J connectivity index is 1.54. The van der Waals surface area contributed by atoms with E-state index in [1.807, 2.05) is 30.3 Å². The quantitative estimate of drug-likeness (QED) is 0.874. The average Bonchev–Trinajstić information content (AvgIpc) is 3.27. The van der Waals surface area contributed by atoms with Gasteiger partial charge in [-0.05, 0) is 25.0 Å². The summed E-state index contributed by atoms with van der Waals surface area (Å²) in [4.78, 5) is 26.0. The van der Waals surface area contributed by atoms with Crippen LogP contribution in [0.5, 0.6) is 0 Å². The van der Waals surface area contributed by atoms with E-state index >= 15 is 0 Å². The molecule has 23 heavy (non-hydrogen) atoms. The Morgan fingerprint density at radius 3 is 2.61 bits per heavy atom. The maximum atomic E-state index is 12.6. The van der Waals surface area contributed by atoms with Crippen LogP contribution in [0.2, 0.25) is 0 Å². The number of benzene rings is 1. The van der Waals surface area contributed by atoms with Gasteiger partial charge < -0.3 is 5.32 Å². The van der Waals surface area contributed by atoms with Gasteiger partial charge in [-0.1, -0.05) is 36.3 Å². The molecule has 1 N–H and O–H groups in total. The first-order chi connectivity index (χ1) is 11.2. The molecule has 2 aliphatic rings. The third kappa shape index (κ3) is 2.28.